The highest BCUT2D eigenvalue weighted by molar-refractivity contribution is 7.12. The van der Waals surface area contributed by atoms with E-state index in [0.717, 1.165) is 12.8 Å². The molecule has 1 amide bonds. The number of ketones is 1. The van der Waals surface area contributed by atoms with Crippen molar-refractivity contribution in [1.29, 1.82) is 0 Å². The van der Waals surface area contributed by atoms with Crippen LogP contribution in [0.5, 0.6) is 0 Å². The molecule has 0 aromatic carbocycles. The largest absolute Gasteiger partial charge is 0.433 e. The van der Waals surface area contributed by atoms with E-state index in [-0.39, 0.29) is 23.5 Å². The first-order valence-corrected chi connectivity index (χ1v) is 8.52. The first-order valence-electron chi connectivity index (χ1n) is 7.64. The van der Waals surface area contributed by atoms with Crippen LogP contribution in [0.1, 0.15) is 46.4 Å². The maximum atomic E-state index is 12.3. The summed E-state index contributed by atoms with van der Waals surface area (Å²) in [7, 11) is 0. The summed E-state index contributed by atoms with van der Waals surface area (Å²) in [6.07, 6.45) is 3.48. The van der Waals surface area contributed by atoms with Gasteiger partial charge in [0.1, 0.15) is 0 Å². The van der Waals surface area contributed by atoms with Crippen LogP contribution in [0.15, 0.2) is 22.1 Å². The van der Waals surface area contributed by atoms with Gasteiger partial charge in [0.25, 0.3) is 5.91 Å². The Morgan fingerprint density at radius 3 is 2.91 bits per heavy atom. The van der Waals surface area contributed by atoms with Crippen molar-refractivity contribution in [2.45, 2.75) is 32.2 Å². The molecule has 23 heavy (non-hydrogen) atoms. The summed E-state index contributed by atoms with van der Waals surface area (Å²) >= 11 is 1.34. The Morgan fingerprint density at radius 2 is 2.17 bits per heavy atom. The van der Waals surface area contributed by atoms with Crippen molar-refractivity contribution < 1.29 is 18.7 Å². The molecular weight excluding hydrogens is 316 g/mol. The number of carbonyl (C=O) groups is 2. The predicted molar refractivity (Wildman–Crippen MR) is 85.7 cm³/mol. The van der Waals surface area contributed by atoms with Gasteiger partial charge in [-0.05, 0) is 18.9 Å². The van der Waals surface area contributed by atoms with Crippen LogP contribution < -0.4 is 5.32 Å². The number of hydrogen-bond acceptors (Lipinski definition) is 6. The second-order valence-corrected chi connectivity index (χ2v) is 6.28. The van der Waals surface area contributed by atoms with Crippen molar-refractivity contribution in [3.63, 3.8) is 0 Å². The molecule has 6 nitrogen and oxygen atoms in total. The number of nitrogens with one attached hydrogen (secondary N) is 1. The molecule has 7 heteroatoms. The molecule has 0 unspecified atom stereocenters. The first kappa shape index (κ1) is 15.9. The zero-order valence-electron chi connectivity index (χ0n) is 12.8. The molecule has 1 aliphatic rings. The Morgan fingerprint density at radius 1 is 1.39 bits per heavy atom. The standard InChI is InChI=1S/C16H18N2O4S/c1-2-12(19)13-8-17-16(22-13)10-7-14(23-9-10)15(20)18-11-3-5-21-6-4-11/h7-9,11H,2-6H2,1H3,(H,18,20). The van der Waals surface area contributed by atoms with Crippen molar-refractivity contribution in [3.05, 3.63) is 28.3 Å². The Labute approximate surface area is 137 Å². The summed E-state index contributed by atoms with van der Waals surface area (Å²) in [6, 6.07) is 1.91. The van der Waals surface area contributed by atoms with Crippen LogP contribution in [0.3, 0.4) is 0 Å². The van der Waals surface area contributed by atoms with Crippen molar-refractivity contribution in [3.8, 4) is 11.5 Å². The molecule has 3 rings (SSSR count). The van der Waals surface area contributed by atoms with E-state index in [2.05, 4.69) is 10.3 Å². The number of rotatable bonds is 5. The van der Waals surface area contributed by atoms with E-state index >= 15 is 0 Å². The lowest BCUT2D eigenvalue weighted by molar-refractivity contribution is 0.0698. The van der Waals surface area contributed by atoms with E-state index in [1.165, 1.54) is 17.5 Å². The number of Topliss-reactive ketones (excluding diaryl/α,β-unsaturated/α-hetero) is 1. The second kappa shape index (κ2) is 7.06. The van der Waals surface area contributed by atoms with Crippen LogP contribution in [-0.4, -0.2) is 35.9 Å². The zero-order valence-corrected chi connectivity index (χ0v) is 13.6. The van der Waals surface area contributed by atoms with E-state index in [4.69, 9.17) is 9.15 Å². The van der Waals surface area contributed by atoms with Gasteiger partial charge in [0.05, 0.1) is 11.1 Å². The molecule has 2 aromatic heterocycles. The third-order valence-electron chi connectivity index (χ3n) is 3.73. The molecule has 0 aliphatic carbocycles. The van der Waals surface area contributed by atoms with Crippen molar-refractivity contribution in [1.82, 2.24) is 10.3 Å². The highest BCUT2D eigenvalue weighted by atomic mass is 32.1. The molecule has 1 aliphatic heterocycles. The first-order chi connectivity index (χ1) is 11.2. The summed E-state index contributed by atoms with van der Waals surface area (Å²) in [5, 5.41) is 4.83. The van der Waals surface area contributed by atoms with Crippen LogP contribution in [0.2, 0.25) is 0 Å². The minimum absolute atomic E-state index is 0.0866. The average molecular weight is 334 g/mol. The van der Waals surface area contributed by atoms with Gasteiger partial charge >= 0.3 is 0 Å². The number of thiophene rings is 1. The normalized spacial score (nSPS) is 15.5. The molecule has 0 spiro atoms. The van der Waals surface area contributed by atoms with Gasteiger partial charge in [-0.25, -0.2) is 4.98 Å². The minimum Gasteiger partial charge on any atom is -0.433 e. The van der Waals surface area contributed by atoms with Crippen LogP contribution in [0, 0.1) is 0 Å². The van der Waals surface area contributed by atoms with Crippen molar-refractivity contribution in [2.75, 3.05) is 13.2 Å². The molecule has 0 bridgehead atoms. The summed E-state index contributed by atoms with van der Waals surface area (Å²) < 4.78 is 10.7. The molecule has 2 aromatic rings. The van der Waals surface area contributed by atoms with E-state index in [9.17, 15) is 9.59 Å². The zero-order chi connectivity index (χ0) is 16.2. The van der Waals surface area contributed by atoms with E-state index in [1.807, 2.05) is 5.38 Å². The van der Waals surface area contributed by atoms with E-state index in [0.29, 0.717) is 36.0 Å². The Bertz CT molecular complexity index is 701. The SMILES string of the molecule is CCC(=O)c1cnc(-c2csc(C(=O)NC3CCOCC3)c2)o1. The monoisotopic (exact) mass is 334 g/mol. The van der Waals surface area contributed by atoms with E-state index < -0.39 is 0 Å². The second-order valence-electron chi connectivity index (χ2n) is 5.37. The number of amides is 1. The highest BCUT2D eigenvalue weighted by Crippen LogP contribution is 2.26. The summed E-state index contributed by atoms with van der Waals surface area (Å²) in [6.45, 7) is 3.14. The number of oxazole rings is 1. The maximum absolute atomic E-state index is 12.3. The number of nitrogens with zero attached hydrogens (tertiary/aromatic N) is 1. The number of ether oxygens (including phenoxy) is 1. The third-order valence-corrected chi connectivity index (χ3v) is 4.66. The summed E-state index contributed by atoms with van der Waals surface area (Å²) in [4.78, 5) is 28.6. The Balaban J connectivity index is 1.68. The predicted octanol–water partition coefficient (Wildman–Crippen LogP) is 2.90. The number of hydrogen-bond donors (Lipinski definition) is 1. The van der Waals surface area contributed by atoms with Gasteiger partial charge in [-0.15, -0.1) is 11.3 Å². The quantitative estimate of drug-likeness (QED) is 0.850. The lowest BCUT2D eigenvalue weighted by atomic mass is 10.1. The molecule has 122 valence electrons. The fourth-order valence-corrected chi connectivity index (χ4v) is 3.16. The van der Waals surface area contributed by atoms with Crippen LogP contribution in [0.25, 0.3) is 11.5 Å². The molecule has 0 atom stereocenters. The Hall–Kier alpha value is -1.99. The van der Waals surface area contributed by atoms with Crippen LogP contribution in [0.4, 0.5) is 0 Å². The summed E-state index contributed by atoms with van der Waals surface area (Å²) in [5.74, 6) is 0.436. The van der Waals surface area contributed by atoms with Crippen LogP contribution >= 0.6 is 11.3 Å². The molecule has 3 heterocycles. The van der Waals surface area contributed by atoms with Gasteiger partial charge in [0.2, 0.25) is 5.89 Å². The van der Waals surface area contributed by atoms with Gasteiger partial charge in [-0.1, -0.05) is 6.92 Å². The molecular formula is C16H18N2O4S. The third kappa shape index (κ3) is 3.68. The fourth-order valence-electron chi connectivity index (χ4n) is 2.38. The van der Waals surface area contributed by atoms with Crippen LogP contribution in [-0.2, 0) is 4.74 Å². The van der Waals surface area contributed by atoms with Gasteiger partial charge in [0.15, 0.2) is 11.5 Å². The number of carbonyl (C=O) groups excluding carboxylic acids is 2. The fraction of sp³-hybridized carbons (Fsp3) is 0.438. The van der Waals surface area contributed by atoms with Crippen molar-refractivity contribution in [2.24, 2.45) is 0 Å². The van der Waals surface area contributed by atoms with E-state index in [1.54, 1.807) is 13.0 Å². The average Bonchev–Trinajstić information content (AvgIpc) is 3.24. The molecule has 0 saturated carbocycles. The maximum Gasteiger partial charge on any atom is 0.261 e. The van der Waals surface area contributed by atoms with Gasteiger partial charge in [-0.3, -0.25) is 9.59 Å². The van der Waals surface area contributed by atoms with Gasteiger partial charge in [0, 0.05) is 36.6 Å². The van der Waals surface area contributed by atoms with Gasteiger partial charge < -0.3 is 14.5 Å². The highest BCUT2D eigenvalue weighted by Gasteiger charge is 2.19. The minimum atomic E-state index is -0.0930. The lowest BCUT2D eigenvalue weighted by Gasteiger charge is -2.22. The Kier molecular flexibility index (Phi) is 4.88. The van der Waals surface area contributed by atoms with Gasteiger partial charge in [-0.2, -0.15) is 0 Å². The lowest BCUT2D eigenvalue weighted by Crippen LogP contribution is -2.38. The topological polar surface area (TPSA) is 81.4 Å². The number of aromatic nitrogens is 1. The molecule has 1 saturated heterocycles. The smallest absolute Gasteiger partial charge is 0.261 e. The van der Waals surface area contributed by atoms with Crippen molar-refractivity contribution >= 4 is 23.0 Å². The summed E-state index contributed by atoms with van der Waals surface area (Å²) in [5.41, 5.74) is 0.710. The molecule has 1 N–H and O–H groups in total. The molecule has 1 fully saturated rings. The molecule has 0 radical (unpaired) electrons.